The molecule has 0 bridgehead atoms. The lowest BCUT2D eigenvalue weighted by molar-refractivity contribution is -0.137. The lowest BCUT2D eigenvalue weighted by Gasteiger charge is -2.29. The number of hydrogen-bond acceptors (Lipinski definition) is 2. The summed E-state index contributed by atoms with van der Waals surface area (Å²) in [6, 6.07) is 14.2. The highest BCUT2D eigenvalue weighted by atomic mass is 19.4. The molecule has 0 spiro atoms. The quantitative estimate of drug-likeness (QED) is 0.813. The molecular formula is C20H22F3NO2. The van der Waals surface area contributed by atoms with Crippen LogP contribution in [0.4, 0.5) is 13.2 Å². The van der Waals surface area contributed by atoms with Crippen LogP contribution >= 0.6 is 0 Å². The molecule has 1 unspecified atom stereocenters. The second-order valence-electron chi connectivity index (χ2n) is 6.34. The summed E-state index contributed by atoms with van der Waals surface area (Å²) in [7, 11) is 0. The van der Waals surface area contributed by atoms with Gasteiger partial charge in [0.15, 0.2) is 0 Å². The van der Waals surface area contributed by atoms with Gasteiger partial charge < -0.3 is 10.0 Å². The average Bonchev–Trinajstić information content (AvgIpc) is 2.63. The standard InChI is InChI=1S/C13H17NO.C7H5F3O/c15-11-14-8-4-7-13(10-14)9-12-5-2-1-3-6-12;8-7(9,10)5-1-3-6(11)4-2-5/h1-3,5-6,11,13H,4,7-10H2;1-4,11H. The van der Waals surface area contributed by atoms with Crippen molar-refractivity contribution in [2.24, 2.45) is 5.92 Å². The first kappa shape index (κ1) is 19.8. The predicted molar refractivity (Wildman–Crippen MR) is 93.6 cm³/mol. The Labute approximate surface area is 151 Å². The highest BCUT2D eigenvalue weighted by molar-refractivity contribution is 5.47. The molecule has 0 radical (unpaired) electrons. The van der Waals surface area contributed by atoms with E-state index in [2.05, 4.69) is 24.3 Å². The first-order valence-corrected chi connectivity index (χ1v) is 8.48. The Morgan fingerprint density at radius 2 is 1.73 bits per heavy atom. The third-order valence-electron chi connectivity index (χ3n) is 4.26. The number of rotatable bonds is 3. The van der Waals surface area contributed by atoms with Gasteiger partial charge in [-0.15, -0.1) is 0 Å². The number of nitrogens with zero attached hydrogens (tertiary/aromatic N) is 1. The molecule has 1 heterocycles. The van der Waals surface area contributed by atoms with E-state index in [1.54, 1.807) is 0 Å². The molecule has 3 rings (SSSR count). The molecule has 2 aromatic carbocycles. The topological polar surface area (TPSA) is 40.5 Å². The van der Waals surface area contributed by atoms with Crippen LogP contribution in [0.2, 0.25) is 0 Å². The molecule has 0 saturated carbocycles. The number of piperidine rings is 1. The number of carbonyl (C=O) groups excluding carboxylic acids is 1. The number of phenols is 1. The number of amides is 1. The van der Waals surface area contributed by atoms with E-state index in [-0.39, 0.29) is 5.75 Å². The number of likely N-dealkylation sites (tertiary alicyclic amines) is 1. The van der Waals surface area contributed by atoms with Crippen molar-refractivity contribution < 1.29 is 23.1 Å². The van der Waals surface area contributed by atoms with Crippen molar-refractivity contribution in [1.29, 1.82) is 0 Å². The predicted octanol–water partition coefficient (Wildman–Crippen LogP) is 4.51. The monoisotopic (exact) mass is 365 g/mol. The average molecular weight is 365 g/mol. The van der Waals surface area contributed by atoms with E-state index in [1.807, 2.05) is 11.0 Å². The molecule has 0 aliphatic carbocycles. The van der Waals surface area contributed by atoms with Crippen LogP contribution in [0.1, 0.15) is 24.0 Å². The molecule has 1 atom stereocenters. The highest BCUT2D eigenvalue weighted by Crippen LogP contribution is 2.29. The minimum Gasteiger partial charge on any atom is -0.508 e. The van der Waals surface area contributed by atoms with E-state index < -0.39 is 11.7 Å². The van der Waals surface area contributed by atoms with Crippen molar-refractivity contribution in [2.75, 3.05) is 13.1 Å². The molecule has 2 aromatic rings. The Morgan fingerprint density at radius 3 is 2.31 bits per heavy atom. The molecule has 1 aliphatic rings. The number of hydrogen-bond donors (Lipinski definition) is 1. The number of aromatic hydroxyl groups is 1. The molecule has 6 heteroatoms. The van der Waals surface area contributed by atoms with Crippen molar-refractivity contribution in [3.63, 3.8) is 0 Å². The van der Waals surface area contributed by atoms with Crippen LogP contribution in [0.25, 0.3) is 0 Å². The van der Waals surface area contributed by atoms with Crippen LogP contribution in [0.5, 0.6) is 5.75 Å². The van der Waals surface area contributed by atoms with Crippen LogP contribution in [0.15, 0.2) is 54.6 Å². The molecule has 1 fully saturated rings. The summed E-state index contributed by atoms with van der Waals surface area (Å²) < 4.78 is 35.5. The lowest BCUT2D eigenvalue weighted by atomic mass is 9.92. The van der Waals surface area contributed by atoms with Gasteiger partial charge in [-0.2, -0.15) is 13.2 Å². The van der Waals surface area contributed by atoms with Crippen LogP contribution in [0, 0.1) is 5.92 Å². The zero-order valence-corrected chi connectivity index (χ0v) is 14.3. The van der Waals surface area contributed by atoms with E-state index in [9.17, 15) is 18.0 Å². The van der Waals surface area contributed by atoms with Gasteiger partial charge in [-0.1, -0.05) is 30.3 Å². The van der Waals surface area contributed by atoms with Gasteiger partial charge in [0.1, 0.15) is 5.75 Å². The van der Waals surface area contributed by atoms with Gasteiger partial charge in [0.2, 0.25) is 6.41 Å². The molecule has 0 aromatic heterocycles. The van der Waals surface area contributed by atoms with Crippen molar-refractivity contribution in [3.8, 4) is 5.75 Å². The fourth-order valence-corrected chi connectivity index (χ4v) is 2.96. The number of benzene rings is 2. The summed E-state index contributed by atoms with van der Waals surface area (Å²) in [5.74, 6) is 0.476. The Morgan fingerprint density at radius 1 is 1.08 bits per heavy atom. The maximum Gasteiger partial charge on any atom is 0.416 e. The van der Waals surface area contributed by atoms with Crippen LogP contribution in [-0.4, -0.2) is 29.5 Å². The van der Waals surface area contributed by atoms with Crippen LogP contribution in [0.3, 0.4) is 0 Å². The lowest BCUT2D eigenvalue weighted by Crippen LogP contribution is -2.35. The summed E-state index contributed by atoms with van der Waals surface area (Å²) in [5, 5.41) is 8.66. The Kier molecular flexibility index (Phi) is 7.06. The molecular weight excluding hydrogens is 343 g/mol. The third-order valence-corrected chi connectivity index (χ3v) is 4.26. The second kappa shape index (κ2) is 9.27. The van der Waals surface area contributed by atoms with Gasteiger partial charge in [0, 0.05) is 13.1 Å². The number of phenolic OH excluding ortho intramolecular Hbond substituents is 1. The van der Waals surface area contributed by atoms with Gasteiger partial charge in [-0.25, -0.2) is 0 Å². The summed E-state index contributed by atoms with van der Waals surface area (Å²) in [6.45, 7) is 1.87. The van der Waals surface area contributed by atoms with Crippen molar-refractivity contribution in [3.05, 3.63) is 65.7 Å². The maximum atomic E-state index is 11.8. The molecule has 3 nitrogen and oxygen atoms in total. The van der Waals surface area contributed by atoms with Gasteiger partial charge in [-0.3, -0.25) is 4.79 Å². The van der Waals surface area contributed by atoms with Crippen LogP contribution < -0.4 is 0 Å². The highest BCUT2D eigenvalue weighted by Gasteiger charge is 2.29. The Hall–Kier alpha value is -2.50. The number of carbonyl (C=O) groups is 1. The van der Waals surface area contributed by atoms with Crippen molar-refractivity contribution in [1.82, 2.24) is 4.90 Å². The van der Waals surface area contributed by atoms with Gasteiger partial charge in [0.05, 0.1) is 5.56 Å². The van der Waals surface area contributed by atoms with Gasteiger partial charge >= 0.3 is 6.18 Å². The fraction of sp³-hybridized carbons (Fsp3) is 0.350. The SMILES string of the molecule is O=CN1CCCC(Cc2ccccc2)C1.Oc1ccc(C(F)(F)F)cc1. The number of alkyl halides is 3. The van der Waals surface area contributed by atoms with Crippen LogP contribution in [-0.2, 0) is 17.4 Å². The first-order chi connectivity index (χ1) is 12.4. The molecule has 1 aliphatic heterocycles. The van der Waals surface area contributed by atoms with Gasteiger partial charge in [0.25, 0.3) is 0 Å². The second-order valence-corrected chi connectivity index (χ2v) is 6.34. The third kappa shape index (κ3) is 6.43. The number of halogens is 3. The zero-order valence-electron chi connectivity index (χ0n) is 14.3. The fourth-order valence-electron chi connectivity index (χ4n) is 2.96. The van der Waals surface area contributed by atoms with E-state index in [0.29, 0.717) is 5.92 Å². The smallest absolute Gasteiger partial charge is 0.416 e. The Balaban J connectivity index is 0.000000197. The zero-order chi connectivity index (χ0) is 19.0. The van der Waals surface area contributed by atoms with E-state index >= 15 is 0 Å². The first-order valence-electron chi connectivity index (χ1n) is 8.48. The molecule has 140 valence electrons. The summed E-state index contributed by atoms with van der Waals surface area (Å²) in [4.78, 5) is 12.6. The minimum atomic E-state index is -4.33. The van der Waals surface area contributed by atoms with E-state index in [4.69, 9.17) is 5.11 Å². The summed E-state index contributed by atoms with van der Waals surface area (Å²) >= 11 is 0. The molecule has 1 amide bonds. The largest absolute Gasteiger partial charge is 0.508 e. The molecule has 1 saturated heterocycles. The van der Waals surface area contributed by atoms with Crippen molar-refractivity contribution in [2.45, 2.75) is 25.4 Å². The summed E-state index contributed by atoms with van der Waals surface area (Å²) in [6.07, 6.45) is 0.158. The van der Waals surface area contributed by atoms with Gasteiger partial charge in [-0.05, 0) is 55.0 Å². The van der Waals surface area contributed by atoms with E-state index in [0.717, 1.165) is 56.6 Å². The molecule has 26 heavy (non-hydrogen) atoms. The normalized spacial score (nSPS) is 17.2. The Bertz CT molecular complexity index is 672. The molecule has 1 N–H and O–H groups in total. The summed E-state index contributed by atoms with van der Waals surface area (Å²) in [5.41, 5.74) is 0.630. The minimum absolute atomic E-state index is 0.169. The van der Waals surface area contributed by atoms with E-state index in [1.165, 1.54) is 12.0 Å². The maximum absolute atomic E-state index is 11.8. The van der Waals surface area contributed by atoms with Crippen molar-refractivity contribution >= 4 is 6.41 Å².